The highest BCUT2D eigenvalue weighted by Gasteiger charge is 2.26. The van der Waals surface area contributed by atoms with Crippen molar-refractivity contribution in [1.29, 1.82) is 5.26 Å². The Bertz CT molecular complexity index is 821. The molecule has 1 aromatic carbocycles. The number of nitrogens with zero attached hydrogens (tertiary/aromatic N) is 3. The minimum atomic E-state index is -0.420. The highest BCUT2D eigenvalue weighted by atomic mass is 19.1. The molecular weight excluding hydrogens is 323 g/mol. The van der Waals surface area contributed by atoms with E-state index in [0.717, 1.165) is 12.8 Å². The number of carbonyl (C=O) groups excluding carboxylic acids is 1. The zero-order chi connectivity index (χ0) is 18.0. The second-order valence-electron chi connectivity index (χ2n) is 6.24. The van der Waals surface area contributed by atoms with Gasteiger partial charge in [0.15, 0.2) is 0 Å². The molecule has 1 amide bonds. The number of piperidine rings is 1. The topological polar surface area (TPSA) is 82.2 Å². The van der Waals surface area contributed by atoms with Crippen LogP contribution in [-0.2, 0) is 0 Å². The lowest BCUT2D eigenvalue weighted by atomic mass is 10.0. The third-order valence-corrected chi connectivity index (χ3v) is 4.43. The van der Waals surface area contributed by atoms with E-state index in [0.29, 0.717) is 41.4 Å². The van der Waals surface area contributed by atoms with Crippen LogP contribution in [-0.4, -0.2) is 30.2 Å². The Balaban J connectivity index is 1.71. The number of benzene rings is 1. The molecule has 0 bridgehead atoms. The fourth-order valence-electron chi connectivity index (χ4n) is 3.21. The van der Waals surface area contributed by atoms with Gasteiger partial charge in [0.05, 0.1) is 23.0 Å². The molecule has 1 saturated heterocycles. The lowest BCUT2D eigenvalue weighted by Crippen LogP contribution is -2.48. The van der Waals surface area contributed by atoms with Gasteiger partial charge in [0, 0.05) is 19.1 Å². The number of hydrogen-bond donors (Lipinski definition) is 1. The number of halogens is 1. The van der Waals surface area contributed by atoms with Gasteiger partial charge in [0.2, 0.25) is 0 Å². The van der Waals surface area contributed by atoms with Gasteiger partial charge in [-0.1, -0.05) is 5.16 Å². The first-order chi connectivity index (χ1) is 12.0. The summed E-state index contributed by atoms with van der Waals surface area (Å²) in [6.45, 7) is 4.65. The molecule has 1 atom stereocenters. The van der Waals surface area contributed by atoms with E-state index < -0.39 is 5.82 Å². The van der Waals surface area contributed by atoms with Crippen LogP contribution in [0.25, 0.3) is 0 Å². The van der Waals surface area contributed by atoms with Crippen LogP contribution in [0.3, 0.4) is 0 Å². The Morgan fingerprint density at radius 2 is 2.28 bits per heavy atom. The lowest BCUT2D eigenvalue weighted by molar-refractivity contribution is 0.0931. The summed E-state index contributed by atoms with van der Waals surface area (Å²) < 4.78 is 19.3. The fraction of sp³-hybridized carbons (Fsp3) is 0.389. The third-order valence-electron chi connectivity index (χ3n) is 4.43. The predicted molar refractivity (Wildman–Crippen MR) is 89.8 cm³/mol. The average molecular weight is 342 g/mol. The van der Waals surface area contributed by atoms with Crippen molar-refractivity contribution >= 4 is 11.6 Å². The Hall–Kier alpha value is -2.88. The smallest absolute Gasteiger partial charge is 0.257 e. The van der Waals surface area contributed by atoms with Gasteiger partial charge in [-0.05, 0) is 44.9 Å². The van der Waals surface area contributed by atoms with Gasteiger partial charge in [-0.25, -0.2) is 4.39 Å². The monoisotopic (exact) mass is 342 g/mol. The summed E-state index contributed by atoms with van der Waals surface area (Å²) in [5.41, 5.74) is 1.76. The van der Waals surface area contributed by atoms with Crippen LogP contribution < -0.4 is 10.2 Å². The molecule has 0 saturated carbocycles. The number of nitriles is 1. The fourth-order valence-corrected chi connectivity index (χ4v) is 3.21. The number of nitrogens with one attached hydrogen (secondary N) is 1. The minimum Gasteiger partial charge on any atom is -0.367 e. The first-order valence-corrected chi connectivity index (χ1v) is 8.18. The maximum atomic E-state index is 14.2. The molecule has 1 aliphatic heterocycles. The molecule has 0 radical (unpaired) electrons. The number of amides is 1. The molecule has 130 valence electrons. The third kappa shape index (κ3) is 3.48. The molecule has 2 heterocycles. The van der Waals surface area contributed by atoms with E-state index >= 15 is 0 Å². The minimum absolute atomic E-state index is 0.0926. The summed E-state index contributed by atoms with van der Waals surface area (Å²) >= 11 is 0. The van der Waals surface area contributed by atoms with E-state index in [-0.39, 0.29) is 11.9 Å². The molecule has 25 heavy (non-hydrogen) atoms. The molecule has 0 unspecified atom stereocenters. The Morgan fingerprint density at radius 3 is 2.92 bits per heavy atom. The van der Waals surface area contributed by atoms with Gasteiger partial charge in [0.1, 0.15) is 17.1 Å². The van der Waals surface area contributed by atoms with E-state index in [1.54, 1.807) is 26.0 Å². The molecular formula is C18H19FN4O2. The average Bonchev–Trinajstić information content (AvgIpc) is 2.93. The Labute approximate surface area is 145 Å². The molecule has 1 N–H and O–H groups in total. The second-order valence-corrected chi connectivity index (χ2v) is 6.24. The van der Waals surface area contributed by atoms with Crippen molar-refractivity contribution in [3.8, 4) is 6.07 Å². The molecule has 6 nitrogen and oxygen atoms in total. The Kier molecular flexibility index (Phi) is 4.70. The second kappa shape index (κ2) is 6.93. The van der Waals surface area contributed by atoms with Crippen LogP contribution in [0, 0.1) is 31.0 Å². The van der Waals surface area contributed by atoms with Gasteiger partial charge in [-0.2, -0.15) is 5.26 Å². The van der Waals surface area contributed by atoms with Crippen molar-refractivity contribution < 1.29 is 13.7 Å². The molecule has 0 spiro atoms. The number of aromatic nitrogens is 1. The normalized spacial score (nSPS) is 17.2. The van der Waals surface area contributed by atoms with Gasteiger partial charge >= 0.3 is 0 Å². The van der Waals surface area contributed by atoms with E-state index in [4.69, 9.17) is 9.78 Å². The van der Waals surface area contributed by atoms with Gasteiger partial charge in [0.25, 0.3) is 5.91 Å². The summed E-state index contributed by atoms with van der Waals surface area (Å²) in [5, 5.41) is 15.6. The maximum absolute atomic E-state index is 14.2. The van der Waals surface area contributed by atoms with E-state index in [1.807, 2.05) is 11.0 Å². The van der Waals surface area contributed by atoms with Crippen molar-refractivity contribution in [1.82, 2.24) is 10.5 Å². The summed E-state index contributed by atoms with van der Waals surface area (Å²) in [4.78, 5) is 14.4. The highest BCUT2D eigenvalue weighted by Crippen LogP contribution is 2.24. The predicted octanol–water partition coefficient (Wildman–Crippen LogP) is 2.70. The summed E-state index contributed by atoms with van der Waals surface area (Å²) in [5.74, 6) is -0.152. The lowest BCUT2D eigenvalue weighted by Gasteiger charge is -2.35. The van der Waals surface area contributed by atoms with Crippen molar-refractivity contribution in [2.45, 2.75) is 32.7 Å². The molecule has 1 aliphatic rings. The van der Waals surface area contributed by atoms with Crippen molar-refractivity contribution in [3.05, 3.63) is 46.6 Å². The van der Waals surface area contributed by atoms with E-state index in [9.17, 15) is 9.18 Å². The first kappa shape index (κ1) is 17.0. The number of anilines is 1. The Morgan fingerprint density at radius 1 is 1.48 bits per heavy atom. The standard InChI is InChI=1S/C18H19FN4O2/c1-11-17(12(2)25-22-11)18(24)21-14-4-3-7-23(10-14)16-6-5-13(9-20)8-15(16)19/h5-6,8,14H,3-4,7,10H2,1-2H3,(H,21,24)/t14-/m1/s1. The molecule has 3 rings (SSSR count). The molecule has 2 aromatic rings. The van der Waals surface area contributed by atoms with Crippen LogP contribution in [0.4, 0.5) is 10.1 Å². The van der Waals surface area contributed by atoms with Crippen LogP contribution in [0.2, 0.25) is 0 Å². The van der Waals surface area contributed by atoms with Gasteiger partial charge in [-0.3, -0.25) is 4.79 Å². The largest absolute Gasteiger partial charge is 0.367 e. The van der Waals surface area contributed by atoms with Gasteiger partial charge in [-0.15, -0.1) is 0 Å². The highest BCUT2D eigenvalue weighted by molar-refractivity contribution is 5.96. The zero-order valence-electron chi connectivity index (χ0n) is 14.2. The summed E-state index contributed by atoms with van der Waals surface area (Å²) in [6, 6.07) is 6.29. The number of carbonyl (C=O) groups is 1. The van der Waals surface area contributed by atoms with Crippen LogP contribution in [0.5, 0.6) is 0 Å². The maximum Gasteiger partial charge on any atom is 0.257 e. The first-order valence-electron chi connectivity index (χ1n) is 8.18. The van der Waals surface area contributed by atoms with E-state index in [2.05, 4.69) is 10.5 Å². The van der Waals surface area contributed by atoms with Crippen molar-refractivity contribution in [2.75, 3.05) is 18.0 Å². The molecule has 1 aromatic heterocycles. The van der Waals surface area contributed by atoms with Crippen LogP contribution >= 0.6 is 0 Å². The number of hydrogen-bond acceptors (Lipinski definition) is 5. The SMILES string of the molecule is Cc1noc(C)c1C(=O)N[C@@H]1CCCN(c2ccc(C#N)cc2F)C1. The van der Waals surface area contributed by atoms with Crippen molar-refractivity contribution in [3.63, 3.8) is 0 Å². The van der Waals surface area contributed by atoms with Crippen LogP contribution in [0.1, 0.15) is 40.2 Å². The quantitative estimate of drug-likeness (QED) is 0.927. The van der Waals surface area contributed by atoms with E-state index in [1.165, 1.54) is 6.07 Å². The molecule has 7 heteroatoms. The van der Waals surface area contributed by atoms with Crippen molar-refractivity contribution in [2.24, 2.45) is 0 Å². The zero-order valence-corrected chi connectivity index (χ0v) is 14.2. The molecule has 1 fully saturated rings. The summed E-state index contributed by atoms with van der Waals surface area (Å²) in [7, 11) is 0. The number of rotatable bonds is 3. The van der Waals surface area contributed by atoms with Gasteiger partial charge < -0.3 is 14.7 Å². The molecule has 0 aliphatic carbocycles. The number of aryl methyl sites for hydroxylation is 2. The van der Waals surface area contributed by atoms with Crippen LogP contribution in [0.15, 0.2) is 22.7 Å². The summed E-state index contributed by atoms with van der Waals surface area (Å²) in [6.07, 6.45) is 1.66.